The first-order valence-electron chi connectivity index (χ1n) is 15.5. The van der Waals surface area contributed by atoms with Crippen molar-refractivity contribution in [2.45, 2.75) is 17.4 Å². The largest absolute Gasteiger partial charge is 0.497 e. The third-order valence-electron chi connectivity index (χ3n) is 9.16. The molecule has 0 N–H and O–H groups in total. The predicted octanol–water partition coefficient (Wildman–Crippen LogP) is 5.18. The third kappa shape index (κ3) is 5.10. The summed E-state index contributed by atoms with van der Waals surface area (Å²) in [5, 5.41) is 10.8. The molecule has 2 aliphatic heterocycles. The topological polar surface area (TPSA) is 112 Å². The molecule has 3 aromatic carbocycles. The van der Waals surface area contributed by atoms with E-state index >= 15 is 0 Å². The Kier molecular flexibility index (Phi) is 7.91. The summed E-state index contributed by atoms with van der Waals surface area (Å²) < 4.78 is 43.0. The lowest BCUT2D eigenvalue weighted by atomic mass is 9.81. The lowest BCUT2D eigenvalue weighted by Crippen LogP contribution is -2.58. The molecule has 0 amide bonds. The Bertz CT molecular complexity index is 2090. The molecular weight excluding hydrogens is 613 g/mol. The van der Waals surface area contributed by atoms with Gasteiger partial charge in [-0.25, -0.2) is 8.42 Å². The van der Waals surface area contributed by atoms with Crippen LogP contribution in [0.15, 0.2) is 102 Å². The van der Waals surface area contributed by atoms with Gasteiger partial charge in [0.05, 0.1) is 48.6 Å². The molecule has 2 aliphatic rings. The minimum absolute atomic E-state index is 0.0738. The van der Waals surface area contributed by atoms with E-state index in [0.29, 0.717) is 61.1 Å². The maximum absolute atomic E-state index is 14.9. The second-order valence-corrected chi connectivity index (χ2v) is 13.4. The van der Waals surface area contributed by atoms with Gasteiger partial charge in [0, 0.05) is 73.0 Å². The van der Waals surface area contributed by atoms with Crippen molar-refractivity contribution in [3.8, 4) is 17.6 Å². The minimum Gasteiger partial charge on any atom is -0.497 e. The summed E-state index contributed by atoms with van der Waals surface area (Å²) in [4.78, 5) is 13.4. The van der Waals surface area contributed by atoms with E-state index < -0.39 is 15.6 Å². The number of ether oxygens (including phenoxy) is 2. The van der Waals surface area contributed by atoms with E-state index in [-0.39, 0.29) is 11.4 Å². The Labute approximate surface area is 274 Å². The number of aromatic nitrogens is 2. The zero-order valence-corrected chi connectivity index (χ0v) is 27.0. The zero-order valence-electron chi connectivity index (χ0n) is 26.2. The number of sulfonamides is 1. The standard InChI is InChI=1S/C36H34N6O4S/c1-3-46-33-23-29(45-2)10-11-30(33)36(41-20-18-40(19-21-41)28-13-16-38-17-14-28)25-42(32-12-9-26(24-37)22-31(32)36)47(43,44)34-8-4-6-27-7-5-15-39-35(27)34/h4-17,22-23H,3,18-21,25H2,1-2H3. The molecule has 10 nitrogen and oxygen atoms in total. The van der Waals surface area contributed by atoms with Crippen LogP contribution in [0.3, 0.4) is 0 Å². The molecule has 4 heterocycles. The first-order chi connectivity index (χ1) is 22.9. The normalized spacial score (nSPS) is 18.1. The van der Waals surface area contributed by atoms with Crippen LogP contribution in [0.4, 0.5) is 11.4 Å². The summed E-state index contributed by atoms with van der Waals surface area (Å²) in [6, 6.07) is 26.1. The molecule has 1 saturated heterocycles. The van der Waals surface area contributed by atoms with E-state index in [1.54, 1.807) is 56.0 Å². The maximum Gasteiger partial charge on any atom is 0.266 e. The molecule has 47 heavy (non-hydrogen) atoms. The molecule has 1 fully saturated rings. The molecule has 0 spiro atoms. The molecule has 5 aromatic rings. The molecule has 238 valence electrons. The number of nitrogens with zero attached hydrogens (tertiary/aromatic N) is 6. The van der Waals surface area contributed by atoms with Gasteiger partial charge in [-0.3, -0.25) is 19.2 Å². The lowest BCUT2D eigenvalue weighted by Gasteiger charge is -2.47. The van der Waals surface area contributed by atoms with Crippen LogP contribution >= 0.6 is 0 Å². The van der Waals surface area contributed by atoms with Crippen molar-refractivity contribution in [1.82, 2.24) is 14.9 Å². The fraction of sp³-hybridized carbons (Fsp3) is 0.250. The van der Waals surface area contributed by atoms with Gasteiger partial charge in [0.1, 0.15) is 16.4 Å². The average Bonchev–Trinajstić information content (AvgIpc) is 3.48. The van der Waals surface area contributed by atoms with E-state index in [2.05, 4.69) is 25.8 Å². The minimum atomic E-state index is -4.13. The highest BCUT2D eigenvalue weighted by atomic mass is 32.2. The van der Waals surface area contributed by atoms with Crippen LogP contribution < -0.4 is 18.7 Å². The van der Waals surface area contributed by atoms with Crippen LogP contribution in [-0.4, -0.2) is 69.7 Å². The third-order valence-corrected chi connectivity index (χ3v) is 10.9. The molecule has 11 heteroatoms. The van der Waals surface area contributed by atoms with Gasteiger partial charge in [-0.05, 0) is 61.5 Å². The van der Waals surface area contributed by atoms with E-state index in [4.69, 9.17) is 9.47 Å². The van der Waals surface area contributed by atoms with Gasteiger partial charge >= 0.3 is 0 Å². The van der Waals surface area contributed by atoms with E-state index in [1.807, 2.05) is 55.5 Å². The number of hydrogen-bond donors (Lipinski definition) is 0. The number of para-hydroxylation sites is 1. The molecule has 7 rings (SSSR count). The maximum atomic E-state index is 14.9. The van der Waals surface area contributed by atoms with E-state index in [1.165, 1.54) is 4.31 Å². The molecule has 0 aliphatic carbocycles. The number of fused-ring (bicyclic) bond motifs is 2. The molecule has 0 saturated carbocycles. The summed E-state index contributed by atoms with van der Waals surface area (Å²) in [6.45, 7) is 5.06. The monoisotopic (exact) mass is 646 g/mol. The second-order valence-electron chi connectivity index (χ2n) is 11.5. The van der Waals surface area contributed by atoms with E-state index in [0.717, 1.165) is 22.2 Å². The van der Waals surface area contributed by atoms with Crippen LogP contribution in [0.5, 0.6) is 11.5 Å². The fourth-order valence-electron chi connectivity index (χ4n) is 6.97. The number of rotatable bonds is 8. The Morgan fingerprint density at radius 1 is 0.915 bits per heavy atom. The fourth-order valence-corrected chi connectivity index (χ4v) is 8.65. The lowest BCUT2D eigenvalue weighted by molar-refractivity contribution is 0.124. The summed E-state index contributed by atoms with van der Waals surface area (Å²) >= 11 is 0. The van der Waals surface area contributed by atoms with Gasteiger partial charge < -0.3 is 14.4 Å². The summed E-state index contributed by atoms with van der Waals surface area (Å²) in [6.07, 6.45) is 5.18. The Hall–Kier alpha value is -5.18. The smallest absolute Gasteiger partial charge is 0.266 e. The van der Waals surface area contributed by atoms with Crippen molar-refractivity contribution < 1.29 is 17.9 Å². The number of pyridine rings is 2. The van der Waals surface area contributed by atoms with Crippen molar-refractivity contribution in [1.29, 1.82) is 5.26 Å². The number of hydrogen-bond acceptors (Lipinski definition) is 9. The number of nitriles is 1. The average molecular weight is 647 g/mol. The summed E-state index contributed by atoms with van der Waals surface area (Å²) in [7, 11) is -2.52. The van der Waals surface area contributed by atoms with Gasteiger partial charge in [-0.2, -0.15) is 5.26 Å². The molecule has 1 unspecified atom stereocenters. The first kappa shape index (κ1) is 30.5. The SMILES string of the molecule is CCOc1cc(OC)ccc1C1(N2CCN(c3ccncc3)CC2)CN(S(=O)(=O)c2cccc3cccnc23)c2ccc(C#N)cc21. The van der Waals surface area contributed by atoms with Crippen molar-refractivity contribution >= 4 is 32.3 Å². The Morgan fingerprint density at radius 3 is 2.45 bits per heavy atom. The van der Waals surface area contributed by atoms with Gasteiger partial charge in [0.25, 0.3) is 10.0 Å². The highest BCUT2D eigenvalue weighted by Gasteiger charge is 2.53. The molecule has 1 atom stereocenters. The van der Waals surface area contributed by atoms with Crippen LogP contribution in [0, 0.1) is 11.3 Å². The molecule has 2 aromatic heterocycles. The number of anilines is 2. The van der Waals surface area contributed by atoms with Crippen molar-refractivity contribution in [3.63, 3.8) is 0 Å². The van der Waals surface area contributed by atoms with Gasteiger partial charge in [0.2, 0.25) is 0 Å². The van der Waals surface area contributed by atoms with Gasteiger partial charge in [-0.1, -0.05) is 18.2 Å². The van der Waals surface area contributed by atoms with Crippen LogP contribution in [0.1, 0.15) is 23.6 Å². The quantitative estimate of drug-likeness (QED) is 0.225. The zero-order chi connectivity index (χ0) is 32.6. The Morgan fingerprint density at radius 2 is 1.70 bits per heavy atom. The van der Waals surface area contributed by atoms with Gasteiger partial charge in [0.15, 0.2) is 0 Å². The first-order valence-corrected chi connectivity index (χ1v) is 17.0. The van der Waals surface area contributed by atoms with Crippen LogP contribution in [0.2, 0.25) is 0 Å². The Balaban J connectivity index is 1.43. The molecule has 0 radical (unpaired) electrons. The van der Waals surface area contributed by atoms with Crippen molar-refractivity contribution in [2.24, 2.45) is 0 Å². The molecular formula is C36H34N6O4S. The highest BCUT2D eigenvalue weighted by molar-refractivity contribution is 7.93. The van der Waals surface area contributed by atoms with Crippen molar-refractivity contribution in [2.75, 3.05) is 55.6 Å². The number of benzene rings is 3. The van der Waals surface area contributed by atoms with Crippen molar-refractivity contribution in [3.05, 3.63) is 114 Å². The summed E-state index contributed by atoms with van der Waals surface area (Å²) in [5.74, 6) is 1.23. The summed E-state index contributed by atoms with van der Waals surface area (Å²) in [5.41, 5.74) is 3.01. The highest BCUT2D eigenvalue weighted by Crippen LogP contribution is 2.53. The van der Waals surface area contributed by atoms with E-state index in [9.17, 15) is 13.7 Å². The van der Waals surface area contributed by atoms with Crippen LogP contribution in [0.25, 0.3) is 10.9 Å². The molecule has 0 bridgehead atoms. The van der Waals surface area contributed by atoms with Gasteiger partial charge in [-0.15, -0.1) is 0 Å². The second kappa shape index (κ2) is 12.2. The predicted molar refractivity (Wildman–Crippen MR) is 180 cm³/mol. The number of piperazine rings is 1. The number of methoxy groups -OCH3 is 1. The van der Waals surface area contributed by atoms with Crippen LogP contribution in [-0.2, 0) is 15.6 Å².